The van der Waals surface area contributed by atoms with Crippen LogP contribution in [0, 0.1) is 0 Å². The van der Waals surface area contributed by atoms with E-state index in [1.165, 1.54) is 5.56 Å². The van der Waals surface area contributed by atoms with Crippen molar-refractivity contribution in [1.82, 2.24) is 0 Å². The quantitative estimate of drug-likeness (QED) is 0.623. The fourth-order valence-electron chi connectivity index (χ4n) is 1.96. The van der Waals surface area contributed by atoms with Crippen molar-refractivity contribution in [2.45, 2.75) is 12.3 Å². The molecule has 0 aromatic heterocycles. The van der Waals surface area contributed by atoms with Gasteiger partial charge >= 0.3 is 0 Å². The van der Waals surface area contributed by atoms with Crippen LogP contribution in [0.5, 0.6) is 0 Å². The molecule has 0 aliphatic carbocycles. The standard InChI is InChI=1S/C15H13BrCl2/c16-10-12(11-5-2-1-3-6-11)9-13-14(17)7-4-8-15(13)18/h1-8,12H,9-10H2. The summed E-state index contributed by atoms with van der Waals surface area (Å²) in [6.45, 7) is 0. The van der Waals surface area contributed by atoms with Crippen LogP contribution < -0.4 is 0 Å². The van der Waals surface area contributed by atoms with Crippen molar-refractivity contribution in [2.75, 3.05) is 5.33 Å². The summed E-state index contributed by atoms with van der Waals surface area (Å²) in [5.74, 6) is 0.378. The molecule has 0 nitrogen and oxygen atoms in total. The first-order valence-electron chi connectivity index (χ1n) is 5.76. The molecule has 0 bridgehead atoms. The third kappa shape index (κ3) is 3.28. The van der Waals surface area contributed by atoms with Crippen LogP contribution in [0.1, 0.15) is 17.0 Å². The highest BCUT2D eigenvalue weighted by Crippen LogP contribution is 2.31. The average Bonchev–Trinajstić information content (AvgIpc) is 2.40. The number of hydrogen-bond donors (Lipinski definition) is 0. The summed E-state index contributed by atoms with van der Waals surface area (Å²) < 4.78 is 0. The van der Waals surface area contributed by atoms with Crippen molar-refractivity contribution in [2.24, 2.45) is 0 Å². The largest absolute Gasteiger partial charge is 0.0921 e. The van der Waals surface area contributed by atoms with E-state index in [0.717, 1.165) is 27.4 Å². The molecule has 0 heterocycles. The first-order valence-corrected chi connectivity index (χ1v) is 7.64. The van der Waals surface area contributed by atoms with E-state index in [1.54, 1.807) is 0 Å². The summed E-state index contributed by atoms with van der Waals surface area (Å²) in [6, 6.07) is 16.1. The zero-order valence-corrected chi connectivity index (χ0v) is 12.8. The second-order valence-electron chi connectivity index (χ2n) is 4.17. The maximum absolute atomic E-state index is 6.22. The van der Waals surface area contributed by atoms with Gasteiger partial charge in [-0.3, -0.25) is 0 Å². The van der Waals surface area contributed by atoms with Crippen LogP contribution in [-0.4, -0.2) is 5.33 Å². The van der Waals surface area contributed by atoms with E-state index in [0.29, 0.717) is 5.92 Å². The maximum Gasteiger partial charge on any atom is 0.0453 e. The molecule has 0 aliphatic rings. The van der Waals surface area contributed by atoms with Gasteiger partial charge in [-0.25, -0.2) is 0 Å². The van der Waals surface area contributed by atoms with Gasteiger partial charge in [0.15, 0.2) is 0 Å². The van der Waals surface area contributed by atoms with Crippen LogP contribution >= 0.6 is 39.1 Å². The Kier molecular flexibility index (Phi) is 5.11. The summed E-state index contributed by atoms with van der Waals surface area (Å²) in [5.41, 5.74) is 2.32. The van der Waals surface area contributed by atoms with E-state index in [2.05, 4.69) is 40.2 Å². The fourth-order valence-corrected chi connectivity index (χ4v) is 3.11. The van der Waals surface area contributed by atoms with E-state index in [4.69, 9.17) is 23.2 Å². The maximum atomic E-state index is 6.22. The molecule has 2 aromatic rings. The Morgan fingerprint density at radius 3 is 2.06 bits per heavy atom. The van der Waals surface area contributed by atoms with Crippen LogP contribution in [0.15, 0.2) is 48.5 Å². The van der Waals surface area contributed by atoms with Crippen molar-refractivity contribution in [3.63, 3.8) is 0 Å². The summed E-state index contributed by atoms with van der Waals surface area (Å²) in [6.07, 6.45) is 0.841. The van der Waals surface area contributed by atoms with Gasteiger partial charge in [0.2, 0.25) is 0 Å². The number of rotatable bonds is 4. The van der Waals surface area contributed by atoms with E-state index in [-0.39, 0.29) is 0 Å². The highest BCUT2D eigenvalue weighted by molar-refractivity contribution is 9.09. The van der Waals surface area contributed by atoms with Gasteiger partial charge in [0.05, 0.1) is 0 Å². The Morgan fingerprint density at radius 2 is 1.50 bits per heavy atom. The molecule has 0 aliphatic heterocycles. The lowest BCUT2D eigenvalue weighted by Crippen LogP contribution is -2.05. The van der Waals surface area contributed by atoms with E-state index >= 15 is 0 Å². The first kappa shape index (κ1) is 13.9. The Labute approximate surface area is 126 Å². The molecule has 94 valence electrons. The summed E-state index contributed by atoms with van der Waals surface area (Å²) >= 11 is 16.0. The third-order valence-corrected chi connectivity index (χ3v) is 4.46. The number of hydrogen-bond acceptors (Lipinski definition) is 0. The minimum atomic E-state index is 0.378. The Bertz CT molecular complexity index is 491. The van der Waals surface area contributed by atoms with Crippen molar-refractivity contribution in [3.05, 3.63) is 69.7 Å². The van der Waals surface area contributed by atoms with Gasteiger partial charge in [-0.05, 0) is 35.6 Å². The second-order valence-corrected chi connectivity index (χ2v) is 5.63. The van der Waals surface area contributed by atoms with Gasteiger partial charge in [0.25, 0.3) is 0 Å². The molecular weight excluding hydrogens is 331 g/mol. The predicted molar refractivity (Wildman–Crippen MR) is 83.1 cm³/mol. The summed E-state index contributed by atoms with van der Waals surface area (Å²) in [5, 5.41) is 2.37. The second kappa shape index (κ2) is 6.60. The molecule has 18 heavy (non-hydrogen) atoms. The predicted octanol–water partition coefficient (Wildman–Crippen LogP) is 5.71. The smallest absolute Gasteiger partial charge is 0.0453 e. The zero-order valence-electron chi connectivity index (χ0n) is 9.74. The number of benzene rings is 2. The zero-order chi connectivity index (χ0) is 13.0. The molecule has 2 aromatic carbocycles. The minimum Gasteiger partial charge on any atom is -0.0921 e. The van der Waals surface area contributed by atoms with Gasteiger partial charge in [-0.2, -0.15) is 0 Å². The molecule has 3 heteroatoms. The molecule has 0 amide bonds. The van der Waals surface area contributed by atoms with Crippen LogP contribution in [0.3, 0.4) is 0 Å². The summed E-state index contributed by atoms with van der Waals surface area (Å²) in [7, 11) is 0. The van der Waals surface area contributed by atoms with Crippen LogP contribution in [0.2, 0.25) is 10.0 Å². The first-order chi connectivity index (χ1) is 8.72. The van der Waals surface area contributed by atoms with Crippen molar-refractivity contribution >= 4 is 39.1 Å². The number of halogens is 3. The minimum absolute atomic E-state index is 0.378. The van der Waals surface area contributed by atoms with Crippen molar-refractivity contribution < 1.29 is 0 Å². The lowest BCUT2D eigenvalue weighted by atomic mass is 9.94. The van der Waals surface area contributed by atoms with Crippen LogP contribution in [-0.2, 0) is 6.42 Å². The van der Waals surface area contributed by atoms with E-state index < -0.39 is 0 Å². The van der Waals surface area contributed by atoms with Gasteiger partial charge in [-0.1, -0.05) is 75.5 Å². The Hall–Kier alpha value is -0.500. The van der Waals surface area contributed by atoms with Gasteiger partial charge in [0, 0.05) is 15.4 Å². The normalized spacial score (nSPS) is 12.4. The van der Waals surface area contributed by atoms with Gasteiger partial charge in [-0.15, -0.1) is 0 Å². The SMILES string of the molecule is Clc1cccc(Cl)c1CC(CBr)c1ccccc1. The van der Waals surface area contributed by atoms with E-state index in [9.17, 15) is 0 Å². The van der Waals surface area contributed by atoms with Crippen molar-refractivity contribution in [1.29, 1.82) is 0 Å². The molecule has 0 radical (unpaired) electrons. The molecule has 0 saturated heterocycles. The third-order valence-electron chi connectivity index (χ3n) is 2.97. The highest BCUT2D eigenvalue weighted by atomic mass is 79.9. The molecule has 2 rings (SSSR count). The molecule has 0 fully saturated rings. The van der Waals surface area contributed by atoms with Crippen molar-refractivity contribution in [3.8, 4) is 0 Å². The molecule has 0 spiro atoms. The molecule has 0 saturated carbocycles. The monoisotopic (exact) mass is 342 g/mol. The molecule has 1 atom stereocenters. The van der Waals surface area contributed by atoms with Crippen LogP contribution in [0.25, 0.3) is 0 Å². The Balaban J connectivity index is 2.26. The highest BCUT2D eigenvalue weighted by Gasteiger charge is 2.14. The average molecular weight is 344 g/mol. The fraction of sp³-hybridized carbons (Fsp3) is 0.200. The van der Waals surface area contributed by atoms with Gasteiger partial charge < -0.3 is 0 Å². The molecule has 0 N–H and O–H groups in total. The lowest BCUT2D eigenvalue weighted by Gasteiger charge is -2.16. The molecule has 1 unspecified atom stereocenters. The Morgan fingerprint density at radius 1 is 0.889 bits per heavy atom. The topological polar surface area (TPSA) is 0 Å². The molecular formula is C15H13BrCl2. The summed E-state index contributed by atoms with van der Waals surface area (Å²) in [4.78, 5) is 0. The number of alkyl halides is 1. The lowest BCUT2D eigenvalue weighted by molar-refractivity contribution is 0.776. The van der Waals surface area contributed by atoms with Gasteiger partial charge in [0.1, 0.15) is 0 Å². The van der Waals surface area contributed by atoms with Crippen LogP contribution in [0.4, 0.5) is 0 Å². The van der Waals surface area contributed by atoms with E-state index in [1.807, 2.05) is 24.3 Å².